The van der Waals surface area contributed by atoms with Gasteiger partial charge in [-0.25, -0.2) is 4.98 Å². The highest BCUT2D eigenvalue weighted by molar-refractivity contribution is 7.09. The topological polar surface area (TPSA) is 259 Å². The van der Waals surface area contributed by atoms with Gasteiger partial charge in [-0.3, -0.25) is 53.0 Å². The van der Waals surface area contributed by atoms with E-state index >= 15 is 0 Å². The molecular formula is C59H87N7O15S. The number of benzene rings is 1. The van der Waals surface area contributed by atoms with Crippen molar-refractivity contribution in [3.8, 4) is 5.75 Å². The molecule has 1 aromatic heterocycles. The summed E-state index contributed by atoms with van der Waals surface area (Å²) in [6.07, 6.45) is 8.07. The van der Waals surface area contributed by atoms with Crippen LogP contribution in [0.25, 0.3) is 0 Å². The van der Waals surface area contributed by atoms with Crippen molar-refractivity contribution >= 4 is 70.3 Å². The number of rotatable bonds is 39. The van der Waals surface area contributed by atoms with Crippen LogP contribution in [-0.2, 0) is 68.5 Å². The number of esters is 2. The number of carbonyl (C=O) groups excluding carboxylic acids is 9. The first-order chi connectivity index (χ1) is 38.9. The Balaban J connectivity index is 1.42. The fourth-order valence-corrected chi connectivity index (χ4v) is 9.94. The molecule has 22 nitrogen and oxygen atoms in total. The van der Waals surface area contributed by atoms with E-state index in [1.54, 1.807) is 23.6 Å². The maximum atomic E-state index is 14.4. The van der Waals surface area contributed by atoms with Gasteiger partial charge in [0.1, 0.15) is 10.7 Å². The fraction of sp³-hybridized carbons (Fsp3) is 0.627. The molecule has 0 radical (unpaired) electrons. The normalized spacial score (nSPS) is 15.3. The molecule has 0 spiro atoms. The maximum absolute atomic E-state index is 14.4. The number of thiazole rings is 1. The average Bonchev–Trinajstić information content (AvgIpc) is 4.28. The minimum absolute atomic E-state index is 0.00268. The van der Waals surface area contributed by atoms with Gasteiger partial charge in [0.15, 0.2) is 11.9 Å². The lowest BCUT2D eigenvalue weighted by atomic mass is 9.82. The quantitative estimate of drug-likeness (QED) is 0.0332. The van der Waals surface area contributed by atoms with Crippen molar-refractivity contribution in [3.05, 3.63) is 64.1 Å². The number of hydrogen-bond donors (Lipinski definition) is 2. The van der Waals surface area contributed by atoms with Gasteiger partial charge in [-0.15, -0.1) is 11.3 Å². The van der Waals surface area contributed by atoms with Gasteiger partial charge >= 0.3 is 11.9 Å². The Bertz CT molecular complexity index is 2510. The molecule has 1 aromatic carbocycles. The number of nitrogens with zero attached hydrogens (tertiary/aromatic N) is 5. The van der Waals surface area contributed by atoms with E-state index in [-0.39, 0.29) is 138 Å². The van der Waals surface area contributed by atoms with E-state index in [4.69, 9.17) is 33.4 Å². The molecule has 23 heteroatoms. The number of anilines is 1. The number of nitrogens with one attached hydrogen (secondary N) is 2. The molecular weight excluding hydrogens is 1080 g/mol. The molecule has 4 rings (SSSR count). The predicted molar refractivity (Wildman–Crippen MR) is 307 cm³/mol. The van der Waals surface area contributed by atoms with E-state index in [2.05, 4.69) is 43.2 Å². The number of amides is 7. The Morgan fingerprint density at radius 2 is 1.32 bits per heavy atom. The standard InChI is InChI=1S/C59H87N7O15S/c1-12-14-43(60-56(74)46-38-82-57(62-46)49(80-41(6)67)37-47(39(3)4)64(11)58(75)44(40(5)13-2)21-24-59(7,8)63(9)10)35-42-15-16-48(81-55(73)23-28-77-32-34-79-30-26-66-53(71)19-20-54(66)72)45(36-42)61-50(68)22-27-76-31-33-78-29-25-65-51(69)17-18-52(65)70/h15-20,36,38-40,43-44,47,49H,12-14,21-35,37H2,1-11H3,(H,60,74)(H,61,68)/t40-,43+,44-,47+,49+/m0/s1. The van der Waals surface area contributed by atoms with Gasteiger partial charge in [0.25, 0.3) is 29.5 Å². The third-order valence-corrected chi connectivity index (χ3v) is 15.7. The van der Waals surface area contributed by atoms with Crippen LogP contribution in [0.1, 0.15) is 134 Å². The van der Waals surface area contributed by atoms with Crippen LogP contribution in [0.2, 0.25) is 0 Å². The van der Waals surface area contributed by atoms with E-state index < -0.39 is 59.5 Å². The van der Waals surface area contributed by atoms with Crippen molar-refractivity contribution in [2.45, 2.75) is 137 Å². The van der Waals surface area contributed by atoms with Crippen molar-refractivity contribution in [2.75, 3.05) is 92.4 Å². The van der Waals surface area contributed by atoms with Crippen molar-refractivity contribution in [3.63, 3.8) is 0 Å². The zero-order valence-electron chi connectivity index (χ0n) is 49.8. The summed E-state index contributed by atoms with van der Waals surface area (Å²) in [6, 6.07) is 4.27. The molecule has 0 saturated carbocycles. The fourth-order valence-electron chi connectivity index (χ4n) is 9.10. The van der Waals surface area contributed by atoms with Crippen LogP contribution in [-0.4, -0.2) is 183 Å². The summed E-state index contributed by atoms with van der Waals surface area (Å²) in [4.78, 5) is 125. The van der Waals surface area contributed by atoms with E-state index in [0.717, 1.165) is 29.1 Å². The van der Waals surface area contributed by atoms with Crippen LogP contribution in [0.3, 0.4) is 0 Å². The third-order valence-electron chi connectivity index (χ3n) is 14.7. The maximum Gasteiger partial charge on any atom is 0.313 e. The minimum atomic E-state index is -0.824. The van der Waals surface area contributed by atoms with Gasteiger partial charge in [0.05, 0.1) is 84.5 Å². The largest absolute Gasteiger partial charge is 0.455 e. The monoisotopic (exact) mass is 1170 g/mol. The molecule has 0 unspecified atom stereocenters. The second-order valence-electron chi connectivity index (χ2n) is 21.7. The molecule has 0 fully saturated rings. The molecule has 5 atom stereocenters. The van der Waals surface area contributed by atoms with Crippen molar-refractivity contribution in [1.29, 1.82) is 0 Å². The van der Waals surface area contributed by atoms with Gasteiger partial charge < -0.3 is 48.9 Å². The summed E-state index contributed by atoms with van der Waals surface area (Å²) >= 11 is 1.20. The number of aromatic nitrogens is 1. The Labute approximate surface area is 486 Å². The van der Waals surface area contributed by atoms with Gasteiger partial charge in [-0.1, -0.05) is 53.5 Å². The van der Waals surface area contributed by atoms with Gasteiger partial charge in [0.2, 0.25) is 11.8 Å². The molecule has 2 aliphatic rings. The smallest absolute Gasteiger partial charge is 0.313 e. The molecule has 0 aliphatic carbocycles. The highest BCUT2D eigenvalue weighted by Gasteiger charge is 2.36. The average molecular weight is 1170 g/mol. The third kappa shape index (κ3) is 22.2. The molecule has 7 amide bonds. The summed E-state index contributed by atoms with van der Waals surface area (Å²) < 4.78 is 33.7. The van der Waals surface area contributed by atoms with Crippen LogP contribution < -0.4 is 15.4 Å². The Kier molecular flexibility index (Phi) is 28.6. The first kappa shape index (κ1) is 68.3. The summed E-state index contributed by atoms with van der Waals surface area (Å²) in [6.45, 7) is 17.0. The first-order valence-electron chi connectivity index (χ1n) is 28.3. The molecule has 82 heavy (non-hydrogen) atoms. The highest BCUT2D eigenvalue weighted by Crippen LogP contribution is 2.34. The lowest BCUT2D eigenvalue weighted by Crippen LogP contribution is -2.46. The minimum Gasteiger partial charge on any atom is -0.455 e. The van der Waals surface area contributed by atoms with Gasteiger partial charge in [0, 0.05) is 73.6 Å². The van der Waals surface area contributed by atoms with Crippen LogP contribution in [0.4, 0.5) is 5.69 Å². The Morgan fingerprint density at radius 1 is 0.756 bits per heavy atom. The van der Waals surface area contributed by atoms with E-state index in [1.807, 2.05) is 46.8 Å². The number of carbonyl (C=O) groups is 9. The summed E-state index contributed by atoms with van der Waals surface area (Å²) in [7, 11) is 5.92. The zero-order valence-corrected chi connectivity index (χ0v) is 50.6. The molecule has 2 aliphatic heterocycles. The highest BCUT2D eigenvalue weighted by atomic mass is 32.1. The summed E-state index contributed by atoms with van der Waals surface area (Å²) in [5.74, 6) is -3.54. The molecule has 0 bridgehead atoms. The first-order valence-corrected chi connectivity index (χ1v) is 29.2. The lowest BCUT2D eigenvalue weighted by molar-refractivity contribution is -0.149. The summed E-state index contributed by atoms with van der Waals surface area (Å²) in [5, 5.41) is 8.01. The van der Waals surface area contributed by atoms with E-state index in [9.17, 15) is 43.2 Å². The Morgan fingerprint density at radius 3 is 1.84 bits per heavy atom. The van der Waals surface area contributed by atoms with E-state index in [0.29, 0.717) is 29.8 Å². The molecule has 0 saturated heterocycles. The van der Waals surface area contributed by atoms with Crippen LogP contribution in [0, 0.1) is 17.8 Å². The molecule has 2 aromatic rings. The van der Waals surface area contributed by atoms with Crippen molar-refractivity contribution < 1.29 is 71.6 Å². The number of hydrogen-bond acceptors (Lipinski definition) is 18. The second-order valence-corrected chi connectivity index (χ2v) is 22.6. The molecule has 2 N–H and O–H groups in total. The molecule has 3 heterocycles. The van der Waals surface area contributed by atoms with Crippen molar-refractivity contribution in [2.24, 2.45) is 17.8 Å². The lowest BCUT2D eigenvalue weighted by Gasteiger charge is -2.38. The SMILES string of the molecule is CCC[C@H](Cc1ccc(OC(=O)CCOCCOCCN2C(=O)C=CC2=O)c(NC(=O)CCOCCOCCN2C(=O)C=CC2=O)c1)NC(=O)c1csc([C@@H](C[C@H](C(C)C)N(C)C(=O)[C@@H](CCC(C)(C)N(C)C)[C@@H](C)CC)OC(C)=O)n1. The predicted octanol–water partition coefficient (Wildman–Crippen LogP) is 6.08. The second kappa shape index (κ2) is 34.4. The number of imide groups is 2. The van der Waals surface area contributed by atoms with Crippen LogP contribution in [0.5, 0.6) is 5.75 Å². The zero-order chi connectivity index (χ0) is 60.5. The van der Waals surface area contributed by atoms with Crippen LogP contribution in [0.15, 0.2) is 47.9 Å². The van der Waals surface area contributed by atoms with Gasteiger partial charge in [-0.2, -0.15) is 0 Å². The van der Waals surface area contributed by atoms with Crippen molar-refractivity contribution in [1.82, 2.24) is 29.9 Å². The van der Waals surface area contributed by atoms with Crippen LogP contribution >= 0.6 is 11.3 Å². The summed E-state index contributed by atoms with van der Waals surface area (Å²) in [5.41, 5.74) is 0.958. The number of ether oxygens (including phenoxy) is 6. The van der Waals surface area contributed by atoms with Gasteiger partial charge in [-0.05, 0) is 83.2 Å². The van der Waals surface area contributed by atoms with E-state index in [1.165, 1.54) is 42.6 Å². The molecule has 454 valence electrons. The Hall–Kier alpha value is -6.24.